The zero-order valence-electron chi connectivity index (χ0n) is 11.0. The summed E-state index contributed by atoms with van der Waals surface area (Å²) in [4.78, 5) is 0.208. The van der Waals surface area contributed by atoms with E-state index in [1.165, 1.54) is 22.5 Å². The highest BCUT2D eigenvalue weighted by Gasteiger charge is 2.34. The Morgan fingerprint density at radius 1 is 1.21 bits per heavy atom. The van der Waals surface area contributed by atoms with E-state index in [9.17, 15) is 8.42 Å². The molecule has 1 heterocycles. The van der Waals surface area contributed by atoms with Crippen LogP contribution in [-0.2, 0) is 10.0 Å². The molecule has 0 spiro atoms. The van der Waals surface area contributed by atoms with E-state index in [4.69, 9.17) is 23.2 Å². The third kappa shape index (κ3) is 3.24. The van der Waals surface area contributed by atoms with Crippen molar-refractivity contribution in [1.29, 1.82) is 0 Å². The number of hydrogen-bond donors (Lipinski definition) is 0. The van der Waals surface area contributed by atoms with Crippen molar-refractivity contribution >= 4 is 33.2 Å². The maximum Gasteiger partial charge on any atom is 0.243 e. The van der Waals surface area contributed by atoms with Gasteiger partial charge in [0.25, 0.3) is 0 Å². The van der Waals surface area contributed by atoms with Crippen molar-refractivity contribution in [1.82, 2.24) is 4.31 Å². The summed E-state index contributed by atoms with van der Waals surface area (Å²) in [6.07, 6.45) is 1.92. The first-order valence-corrected chi connectivity index (χ1v) is 8.37. The van der Waals surface area contributed by atoms with Gasteiger partial charge < -0.3 is 0 Å². The predicted molar refractivity (Wildman–Crippen MR) is 78.2 cm³/mol. The van der Waals surface area contributed by atoms with Gasteiger partial charge in [-0.05, 0) is 36.5 Å². The Labute approximate surface area is 124 Å². The summed E-state index contributed by atoms with van der Waals surface area (Å²) >= 11 is 11.7. The molecule has 1 aromatic rings. The van der Waals surface area contributed by atoms with Gasteiger partial charge in [-0.25, -0.2) is 8.42 Å². The maximum absolute atomic E-state index is 12.6. The fourth-order valence-corrected chi connectivity index (χ4v) is 4.42. The van der Waals surface area contributed by atoms with Crippen LogP contribution in [0.1, 0.15) is 26.7 Å². The van der Waals surface area contributed by atoms with Crippen molar-refractivity contribution in [3.8, 4) is 0 Å². The van der Waals surface area contributed by atoms with Gasteiger partial charge in [0.15, 0.2) is 0 Å². The minimum atomic E-state index is -3.48. The quantitative estimate of drug-likeness (QED) is 0.830. The SMILES string of the molecule is CC1(C)CCCN(S(=O)(=O)c2ccc(Cl)c(Cl)c2)C1. The van der Waals surface area contributed by atoms with E-state index < -0.39 is 10.0 Å². The van der Waals surface area contributed by atoms with Crippen molar-refractivity contribution in [2.24, 2.45) is 5.41 Å². The topological polar surface area (TPSA) is 37.4 Å². The van der Waals surface area contributed by atoms with E-state index in [2.05, 4.69) is 13.8 Å². The first-order valence-electron chi connectivity index (χ1n) is 6.18. The molecule has 0 aliphatic carbocycles. The van der Waals surface area contributed by atoms with Crippen LogP contribution in [0, 0.1) is 5.41 Å². The van der Waals surface area contributed by atoms with E-state index >= 15 is 0 Å². The van der Waals surface area contributed by atoms with Gasteiger partial charge in [0.05, 0.1) is 14.9 Å². The van der Waals surface area contributed by atoms with Crippen LogP contribution >= 0.6 is 23.2 Å². The first-order chi connectivity index (χ1) is 8.72. The Morgan fingerprint density at radius 2 is 1.89 bits per heavy atom. The highest BCUT2D eigenvalue weighted by Crippen LogP contribution is 2.33. The molecule has 0 saturated carbocycles. The van der Waals surface area contributed by atoms with Crippen LogP contribution < -0.4 is 0 Å². The lowest BCUT2D eigenvalue weighted by atomic mass is 9.85. The van der Waals surface area contributed by atoms with Crippen LogP contribution in [0.3, 0.4) is 0 Å². The molecule has 0 atom stereocenters. The maximum atomic E-state index is 12.6. The van der Waals surface area contributed by atoms with Crippen LogP contribution in [0.15, 0.2) is 23.1 Å². The molecule has 19 heavy (non-hydrogen) atoms. The Morgan fingerprint density at radius 3 is 2.47 bits per heavy atom. The molecule has 6 heteroatoms. The molecule has 0 aromatic heterocycles. The van der Waals surface area contributed by atoms with Crippen LogP contribution in [0.2, 0.25) is 10.0 Å². The molecule has 1 fully saturated rings. The highest BCUT2D eigenvalue weighted by molar-refractivity contribution is 7.89. The van der Waals surface area contributed by atoms with Gasteiger partial charge in [-0.2, -0.15) is 4.31 Å². The third-order valence-corrected chi connectivity index (χ3v) is 5.97. The minimum Gasteiger partial charge on any atom is -0.207 e. The molecule has 0 amide bonds. The minimum absolute atomic E-state index is 0.0154. The molecule has 1 aliphatic heterocycles. The number of rotatable bonds is 2. The monoisotopic (exact) mass is 321 g/mol. The van der Waals surface area contributed by atoms with Crippen molar-refractivity contribution in [3.05, 3.63) is 28.2 Å². The van der Waals surface area contributed by atoms with Crippen LogP contribution in [0.4, 0.5) is 0 Å². The Hall–Kier alpha value is -0.290. The van der Waals surface area contributed by atoms with Crippen molar-refractivity contribution in [2.75, 3.05) is 13.1 Å². The number of hydrogen-bond acceptors (Lipinski definition) is 2. The second-order valence-electron chi connectivity index (χ2n) is 5.68. The molecule has 2 rings (SSSR count). The van der Waals surface area contributed by atoms with E-state index in [0.29, 0.717) is 18.1 Å². The second kappa shape index (κ2) is 5.24. The first kappa shape index (κ1) is 15.1. The van der Waals surface area contributed by atoms with Crippen molar-refractivity contribution in [3.63, 3.8) is 0 Å². The normalized spacial score (nSPS) is 20.4. The largest absolute Gasteiger partial charge is 0.243 e. The molecule has 0 radical (unpaired) electrons. The van der Waals surface area contributed by atoms with Gasteiger partial charge in [0, 0.05) is 13.1 Å². The van der Waals surface area contributed by atoms with E-state index in [1.807, 2.05) is 0 Å². The van der Waals surface area contributed by atoms with Crippen LogP contribution in [-0.4, -0.2) is 25.8 Å². The van der Waals surface area contributed by atoms with Crippen LogP contribution in [0.5, 0.6) is 0 Å². The number of sulfonamides is 1. The smallest absolute Gasteiger partial charge is 0.207 e. The molecule has 0 bridgehead atoms. The number of nitrogens with zero attached hydrogens (tertiary/aromatic N) is 1. The number of halogens is 2. The Balaban J connectivity index is 2.34. The van der Waals surface area contributed by atoms with E-state index in [-0.39, 0.29) is 15.3 Å². The summed E-state index contributed by atoms with van der Waals surface area (Å²) in [5, 5.41) is 0.624. The third-order valence-electron chi connectivity index (χ3n) is 3.39. The molecule has 106 valence electrons. The van der Waals surface area contributed by atoms with Gasteiger partial charge >= 0.3 is 0 Å². The van der Waals surface area contributed by atoms with Gasteiger partial charge in [-0.15, -0.1) is 0 Å². The van der Waals surface area contributed by atoms with Gasteiger partial charge in [-0.3, -0.25) is 0 Å². The summed E-state index contributed by atoms with van der Waals surface area (Å²) in [6, 6.07) is 4.44. The highest BCUT2D eigenvalue weighted by atomic mass is 35.5. The molecular formula is C13H17Cl2NO2S. The summed E-state index contributed by atoms with van der Waals surface area (Å²) in [7, 11) is -3.48. The summed E-state index contributed by atoms with van der Waals surface area (Å²) in [5.74, 6) is 0. The van der Waals surface area contributed by atoms with Crippen molar-refractivity contribution < 1.29 is 8.42 Å². The second-order valence-corrected chi connectivity index (χ2v) is 8.43. The summed E-state index contributed by atoms with van der Waals surface area (Å²) < 4.78 is 26.7. The fraction of sp³-hybridized carbons (Fsp3) is 0.538. The lowest BCUT2D eigenvalue weighted by Crippen LogP contribution is -2.43. The molecule has 0 N–H and O–H groups in total. The number of piperidine rings is 1. The molecule has 1 aliphatic rings. The zero-order valence-corrected chi connectivity index (χ0v) is 13.3. The standard InChI is InChI=1S/C13H17Cl2NO2S/c1-13(2)6-3-7-16(9-13)19(17,18)10-4-5-11(14)12(15)8-10/h4-5,8H,3,6-7,9H2,1-2H3. The Kier molecular flexibility index (Phi) is 4.17. The average Bonchev–Trinajstić information content (AvgIpc) is 2.31. The molecule has 0 unspecified atom stereocenters. The molecular weight excluding hydrogens is 305 g/mol. The van der Waals surface area contributed by atoms with E-state index in [0.717, 1.165) is 12.8 Å². The Bertz CT molecular complexity index is 584. The van der Waals surface area contributed by atoms with Gasteiger partial charge in [0.1, 0.15) is 0 Å². The zero-order chi connectivity index (χ0) is 14.3. The van der Waals surface area contributed by atoms with Crippen LogP contribution in [0.25, 0.3) is 0 Å². The fourth-order valence-electron chi connectivity index (χ4n) is 2.36. The van der Waals surface area contributed by atoms with Gasteiger partial charge in [-0.1, -0.05) is 37.0 Å². The lowest BCUT2D eigenvalue weighted by molar-refractivity contribution is 0.187. The van der Waals surface area contributed by atoms with Gasteiger partial charge in [0.2, 0.25) is 10.0 Å². The molecule has 3 nitrogen and oxygen atoms in total. The average molecular weight is 322 g/mol. The predicted octanol–water partition coefficient (Wildman–Crippen LogP) is 3.80. The number of benzene rings is 1. The summed E-state index contributed by atoms with van der Waals surface area (Å²) in [5.41, 5.74) is 0.0154. The molecule has 1 saturated heterocycles. The summed E-state index contributed by atoms with van der Waals surface area (Å²) in [6.45, 7) is 5.27. The lowest BCUT2D eigenvalue weighted by Gasteiger charge is -2.37. The van der Waals surface area contributed by atoms with E-state index in [1.54, 1.807) is 0 Å². The molecule has 1 aromatic carbocycles. The van der Waals surface area contributed by atoms with Crippen molar-refractivity contribution in [2.45, 2.75) is 31.6 Å².